The summed E-state index contributed by atoms with van der Waals surface area (Å²) < 4.78 is 0. The zero-order valence-corrected chi connectivity index (χ0v) is 16.3. The van der Waals surface area contributed by atoms with Crippen LogP contribution in [0.15, 0.2) is 30.3 Å². The van der Waals surface area contributed by atoms with Crippen LogP contribution in [0.2, 0.25) is 0 Å². The molecule has 2 N–H and O–H groups in total. The molecule has 0 saturated carbocycles. The number of nitrogens with zero attached hydrogens (tertiary/aromatic N) is 1. The van der Waals surface area contributed by atoms with Crippen molar-refractivity contribution in [2.45, 2.75) is 33.6 Å². The molecule has 1 aliphatic rings. The Kier molecular flexibility index (Phi) is 5.49. The number of carbonyl (C=O) groups excluding carboxylic acids is 2. The van der Waals surface area contributed by atoms with Crippen molar-refractivity contribution in [2.24, 2.45) is 0 Å². The predicted molar refractivity (Wildman–Crippen MR) is 108 cm³/mol. The van der Waals surface area contributed by atoms with Gasteiger partial charge in [-0.05, 0) is 55.7 Å². The average Bonchev–Trinajstić information content (AvgIpc) is 2.65. The molecule has 1 aliphatic heterocycles. The summed E-state index contributed by atoms with van der Waals surface area (Å²) >= 11 is 0. The van der Waals surface area contributed by atoms with E-state index >= 15 is 0 Å². The van der Waals surface area contributed by atoms with Gasteiger partial charge in [0.25, 0.3) is 5.91 Å². The van der Waals surface area contributed by atoms with Crippen molar-refractivity contribution >= 4 is 29.0 Å². The van der Waals surface area contributed by atoms with Crippen LogP contribution < -0.4 is 10.2 Å². The van der Waals surface area contributed by atoms with Gasteiger partial charge in [-0.3, -0.25) is 9.59 Å². The van der Waals surface area contributed by atoms with E-state index < -0.39 is 5.97 Å². The minimum atomic E-state index is -1.02. The maximum atomic E-state index is 13.0. The molecule has 3 rings (SSSR count). The lowest BCUT2D eigenvalue weighted by atomic mass is 10.0. The Morgan fingerprint density at radius 2 is 1.61 bits per heavy atom. The lowest BCUT2D eigenvalue weighted by Crippen LogP contribution is -2.33. The minimum Gasteiger partial charge on any atom is -0.478 e. The summed E-state index contributed by atoms with van der Waals surface area (Å²) in [6, 6.07) is 8.94. The van der Waals surface area contributed by atoms with Gasteiger partial charge in [0, 0.05) is 42.9 Å². The number of carboxylic acid groups (broad SMARTS) is 1. The van der Waals surface area contributed by atoms with Crippen molar-refractivity contribution in [1.82, 2.24) is 0 Å². The van der Waals surface area contributed by atoms with Gasteiger partial charge in [0.05, 0.1) is 5.56 Å². The van der Waals surface area contributed by atoms with Crippen molar-refractivity contribution < 1.29 is 19.5 Å². The van der Waals surface area contributed by atoms with Crippen molar-refractivity contribution in [3.63, 3.8) is 0 Å². The van der Waals surface area contributed by atoms with Crippen LogP contribution in [-0.2, 0) is 4.79 Å². The smallest absolute Gasteiger partial charge is 0.336 e. The van der Waals surface area contributed by atoms with Gasteiger partial charge in [0.2, 0.25) is 0 Å². The molecule has 1 heterocycles. The first-order valence-electron chi connectivity index (χ1n) is 9.30. The molecule has 2 aromatic rings. The minimum absolute atomic E-state index is 0.171. The van der Waals surface area contributed by atoms with Crippen LogP contribution in [0, 0.1) is 20.8 Å². The number of ketones is 1. The molecule has 28 heavy (non-hydrogen) atoms. The van der Waals surface area contributed by atoms with Gasteiger partial charge in [-0.1, -0.05) is 12.1 Å². The largest absolute Gasteiger partial charge is 0.478 e. The molecule has 0 spiro atoms. The van der Waals surface area contributed by atoms with E-state index in [-0.39, 0.29) is 17.3 Å². The Morgan fingerprint density at radius 1 is 0.964 bits per heavy atom. The van der Waals surface area contributed by atoms with E-state index in [1.807, 2.05) is 32.0 Å². The zero-order chi connectivity index (χ0) is 20.4. The number of carboxylic acids is 1. The molecule has 0 unspecified atom stereocenters. The Balaban J connectivity index is 1.89. The van der Waals surface area contributed by atoms with Gasteiger partial charge in [0.1, 0.15) is 5.78 Å². The molecule has 0 bridgehead atoms. The second-order valence-corrected chi connectivity index (χ2v) is 7.21. The molecule has 0 atom stereocenters. The first kappa shape index (κ1) is 19.6. The first-order valence-corrected chi connectivity index (χ1v) is 9.30. The van der Waals surface area contributed by atoms with E-state index in [0.717, 1.165) is 16.8 Å². The summed E-state index contributed by atoms with van der Waals surface area (Å²) in [6.45, 7) is 6.71. The number of carbonyl (C=O) groups is 3. The Morgan fingerprint density at radius 3 is 2.25 bits per heavy atom. The standard InChI is InChI=1S/C22H24N2O4/c1-13-4-6-16(24-10-8-17(25)9-11-24)12-19(13)21(26)23-20-14(2)5-7-18(15(20)3)22(27)28/h4-7,12H,8-11H2,1-3H3,(H,23,26)(H,27,28). The van der Waals surface area contributed by atoms with E-state index in [2.05, 4.69) is 10.2 Å². The van der Waals surface area contributed by atoms with Crippen LogP contribution in [-0.4, -0.2) is 35.9 Å². The third-order valence-electron chi connectivity index (χ3n) is 5.29. The zero-order valence-electron chi connectivity index (χ0n) is 16.3. The van der Waals surface area contributed by atoms with Crippen LogP contribution in [0.1, 0.15) is 50.2 Å². The molecule has 0 radical (unpaired) electrons. The normalized spacial score (nSPS) is 14.1. The topological polar surface area (TPSA) is 86.7 Å². The molecular formula is C22H24N2O4. The lowest BCUT2D eigenvalue weighted by molar-refractivity contribution is -0.119. The molecule has 6 heteroatoms. The number of anilines is 2. The highest BCUT2D eigenvalue weighted by Crippen LogP contribution is 2.27. The maximum absolute atomic E-state index is 13.0. The summed E-state index contributed by atoms with van der Waals surface area (Å²) in [5, 5.41) is 12.2. The fourth-order valence-corrected chi connectivity index (χ4v) is 3.52. The maximum Gasteiger partial charge on any atom is 0.336 e. The molecule has 2 aromatic carbocycles. The summed E-state index contributed by atoms with van der Waals surface area (Å²) in [7, 11) is 0. The van der Waals surface area contributed by atoms with Gasteiger partial charge >= 0.3 is 5.97 Å². The number of hydrogen-bond donors (Lipinski definition) is 2. The number of amides is 1. The van der Waals surface area contributed by atoms with Crippen molar-refractivity contribution in [3.8, 4) is 0 Å². The monoisotopic (exact) mass is 380 g/mol. The summed E-state index contributed by atoms with van der Waals surface area (Å²) in [6.07, 6.45) is 1.05. The van der Waals surface area contributed by atoms with E-state index in [4.69, 9.17) is 0 Å². The predicted octanol–water partition coefficient (Wildman–Crippen LogP) is 3.73. The molecule has 1 saturated heterocycles. The number of hydrogen-bond acceptors (Lipinski definition) is 4. The third-order valence-corrected chi connectivity index (χ3v) is 5.29. The van der Waals surface area contributed by atoms with Gasteiger partial charge in [-0.2, -0.15) is 0 Å². The Labute approximate surface area is 164 Å². The molecule has 1 amide bonds. The van der Waals surface area contributed by atoms with Crippen molar-refractivity contribution in [3.05, 3.63) is 58.1 Å². The van der Waals surface area contributed by atoms with Crippen LogP contribution in [0.3, 0.4) is 0 Å². The van der Waals surface area contributed by atoms with Crippen molar-refractivity contribution in [2.75, 3.05) is 23.3 Å². The van der Waals surface area contributed by atoms with Crippen LogP contribution >= 0.6 is 0 Å². The second-order valence-electron chi connectivity index (χ2n) is 7.21. The first-order chi connectivity index (χ1) is 13.3. The molecule has 1 fully saturated rings. The Hall–Kier alpha value is -3.15. The summed E-state index contributed by atoms with van der Waals surface area (Å²) in [5.74, 6) is -1.03. The third kappa shape index (κ3) is 3.91. The average molecular weight is 380 g/mol. The van der Waals surface area contributed by atoms with E-state index in [1.165, 1.54) is 0 Å². The van der Waals surface area contributed by atoms with E-state index in [0.29, 0.717) is 42.7 Å². The molecular weight excluding hydrogens is 356 g/mol. The highest BCUT2D eigenvalue weighted by Gasteiger charge is 2.20. The quantitative estimate of drug-likeness (QED) is 0.844. The Bertz CT molecular complexity index is 955. The SMILES string of the molecule is Cc1ccc(N2CCC(=O)CC2)cc1C(=O)Nc1c(C)ccc(C(=O)O)c1C. The number of Topliss-reactive ketones (excluding diaryl/α,β-unsaturated/α-hetero) is 1. The fourth-order valence-electron chi connectivity index (χ4n) is 3.52. The number of piperidine rings is 1. The van der Waals surface area contributed by atoms with E-state index in [1.54, 1.807) is 19.1 Å². The van der Waals surface area contributed by atoms with Crippen LogP contribution in [0.5, 0.6) is 0 Å². The fraction of sp³-hybridized carbons (Fsp3) is 0.318. The number of rotatable bonds is 4. The van der Waals surface area contributed by atoms with Gasteiger partial charge in [-0.25, -0.2) is 4.79 Å². The molecule has 6 nitrogen and oxygen atoms in total. The highest BCUT2D eigenvalue weighted by atomic mass is 16.4. The highest BCUT2D eigenvalue weighted by molar-refractivity contribution is 6.07. The summed E-state index contributed by atoms with van der Waals surface area (Å²) in [4.78, 5) is 38.0. The lowest BCUT2D eigenvalue weighted by Gasteiger charge is -2.28. The molecule has 0 aromatic heterocycles. The van der Waals surface area contributed by atoms with Crippen molar-refractivity contribution in [1.29, 1.82) is 0 Å². The van der Waals surface area contributed by atoms with Crippen LogP contribution in [0.25, 0.3) is 0 Å². The van der Waals surface area contributed by atoms with Gasteiger partial charge < -0.3 is 15.3 Å². The number of benzene rings is 2. The van der Waals surface area contributed by atoms with Gasteiger partial charge in [-0.15, -0.1) is 0 Å². The number of nitrogens with one attached hydrogen (secondary N) is 1. The molecule has 0 aliphatic carbocycles. The number of aromatic carboxylic acids is 1. The number of aryl methyl sites for hydroxylation is 2. The van der Waals surface area contributed by atoms with Gasteiger partial charge in [0.15, 0.2) is 0 Å². The summed E-state index contributed by atoms with van der Waals surface area (Å²) in [5.41, 5.74) is 4.31. The second kappa shape index (κ2) is 7.84. The van der Waals surface area contributed by atoms with Crippen LogP contribution in [0.4, 0.5) is 11.4 Å². The molecule has 146 valence electrons. The van der Waals surface area contributed by atoms with E-state index in [9.17, 15) is 19.5 Å².